The van der Waals surface area contributed by atoms with Crippen LogP contribution < -0.4 is 24.8 Å². The number of pyridine rings is 1. The molecule has 3 aromatic rings. The molecular formula is C31H38N4O9S. The predicted octanol–water partition coefficient (Wildman–Crippen LogP) is 2.69. The van der Waals surface area contributed by atoms with Gasteiger partial charge in [-0.15, -0.1) is 0 Å². The van der Waals surface area contributed by atoms with Crippen molar-refractivity contribution in [1.29, 1.82) is 0 Å². The lowest BCUT2D eigenvalue weighted by Crippen LogP contribution is -2.53. The number of nitrogens with zero attached hydrogens (tertiary/aromatic N) is 2. The number of hydrogen-bond donors (Lipinski definition) is 2. The maximum absolute atomic E-state index is 13.7. The number of carbonyl (C=O) groups excluding carboxylic acids is 3. The van der Waals surface area contributed by atoms with Gasteiger partial charge in [0.25, 0.3) is 5.91 Å². The summed E-state index contributed by atoms with van der Waals surface area (Å²) >= 11 is 0. The Balaban J connectivity index is 1.31. The van der Waals surface area contributed by atoms with Gasteiger partial charge in [0.15, 0.2) is 29.2 Å². The standard InChI is InChI=1S/C31H38N4O9S/c1-42-26-16-21-17-28(44-25(21)18-27(26)43-2)31(38)33-23(15-20-9-4-3-5-10-20)30(37)32-22-11-8-13-34(19-24(22)36)45(40,41)29-12-6-7-14-35(29)39/h6-7,12,14,16-18,20,22-23H,3-5,8-11,13,15,19H2,1-2H3,(H,32,37)(H,33,38)/t22-,23-/m0/s1. The summed E-state index contributed by atoms with van der Waals surface area (Å²) in [7, 11) is -1.24. The quantitative estimate of drug-likeness (QED) is 0.249. The zero-order chi connectivity index (χ0) is 32.1. The number of fused-ring (bicyclic) bond motifs is 1. The summed E-state index contributed by atoms with van der Waals surface area (Å²) in [6.07, 6.45) is 7.02. The molecule has 1 saturated carbocycles. The zero-order valence-corrected chi connectivity index (χ0v) is 26.1. The molecule has 2 atom stereocenters. The second kappa shape index (κ2) is 13.9. The van der Waals surface area contributed by atoms with E-state index >= 15 is 0 Å². The van der Waals surface area contributed by atoms with Crippen LogP contribution in [0.3, 0.4) is 0 Å². The largest absolute Gasteiger partial charge is 0.618 e. The summed E-state index contributed by atoms with van der Waals surface area (Å²) in [4.78, 5) is 40.3. The second-order valence-corrected chi connectivity index (χ2v) is 13.4. The van der Waals surface area contributed by atoms with Gasteiger partial charge >= 0.3 is 15.0 Å². The molecule has 45 heavy (non-hydrogen) atoms. The molecule has 1 saturated heterocycles. The third-order valence-corrected chi connectivity index (χ3v) is 10.3. The van der Waals surface area contributed by atoms with E-state index in [2.05, 4.69) is 10.6 Å². The Morgan fingerprint density at radius 1 is 1.07 bits per heavy atom. The molecule has 2 fully saturated rings. The van der Waals surface area contributed by atoms with E-state index in [1.807, 2.05) is 0 Å². The van der Waals surface area contributed by atoms with Crippen molar-refractivity contribution >= 4 is 38.6 Å². The van der Waals surface area contributed by atoms with E-state index in [0.29, 0.717) is 28.9 Å². The Labute approximate surface area is 261 Å². The summed E-state index contributed by atoms with van der Waals surface area (Å²) in [5, 5.41) is 17.9. The van der Waals surface area contributed by atoms with Gasteiger partial charge in [-0.05, 0) is 43.4 Å². The van der Waals surface area contributed by atoms with Gasteiger partial charge < -0.3 is 29.7 Å². The number of ketones is 1. The van der Waals surface area contributed by atoms with Gasteiger partial charge in [-0.3, -0.25) is 14.4 Å². The third-order valence-electron chi connectivity index (χ3n) is 8.49. The number of aromatic nitrogens is 1. The van der Waals surface area contributed by atoms with Crippen LogP contribution in [0.25, 0.3) is 11.0 Å². The minimum absolute atomic E-state index is 0.00432. The Kier molecular flexibility index (Phi) is 9.93. The molecule has 0 unspecified atom stereocenters. The fraction of sp³-hybridized carbons (Fsp3) is 0.484. The number of nitrogens with one attached hydrogen (secondary N) is 2. The number of methoxy groups -OCH3 is 2. The number of benzene rings is 1. The van der Waals surface area contributed by atoms with Crippen molar-refractivity contribution in [2.24, 2.45) is 5.92 Å². The summed E-state index contributed by atoms with van der Waals surface area (Å²) < 4.78 is 44.0. The molecule has 0 spiro atoms. The van der Waals surface area contributed by atoms with E-state index in [-0.39, 0.29) is 35.8 Å². The summed E-state index contributed by atoms with van der Waals surface area (Å²) in [6.45, 7) is -0.479. The Hall–Kier alpha value is -4.17. The van der Waals surface area contributed by atoms with Crippen LogP contribution in [0.15, 0.2) is 52.0 Å². The number of furan rings is 1. The SMILES string of the molecule is COc1cc2cc(C(=O)N[C@@H](CC3CCCCC3)C(=O)N[C@H]3CCCN(S(=O)(=O)c4cccc[n+]4[O-])CC3=O)oc2cc1OC. The number of ether oxygens (including phenoxy) is 2. The normalized spacial score (nSPS) is 19.1. The monoisotopic (exact) mass is 642 g/mol. The summed E-state index contributed by atoms with van der Waals surface area (Å²) in [5.41, 5.74) is 0.410. The van der Waals surface area contributed by atoms with Gasteiger partial charge in [0.1, 0.15) is 11.6 Å². The molecule has 242 valence electrons. The molecule has 1 aliphatic heterocycles. The van der Waals surface area contributed by atoms with Gasteiger partial charge in [-0.25, -0.2) is 8.42 Å². The van der Waals surface area contributed by atoms with Crippen molar-refractivity contribution in [3.63, 3.8) is 0 Å². The molecule has 2 amide bonds. The Morgan fingerprint density at radius 3 is 2.51 bits per heavy atom. The van der Waals surface area contributed by atoms with Gasteiger partial charge in [0, 0.05) is 30.1 Å². The van der Waals surface area contributed by atoms with E-state index in [1.165, 1.54) is 32.4 Å². The van der Waals surface area contributed by atoms with Gasteiger partial charge in [0.2, 0.25) is 5.91 Å². The van der Waals surface area contributed by atoms with Crippen LogP contribution in [-0.4, -0.2) is 69.7 Å². The third kappa shape index (κ3) is 7.22. The first-order valence-corrected chi connectivity index (χ1v) is 16.5. The van der Waals surface area contributed by atoms with E-state index in [0.717, 1.165) is 42.6 Å². The highest BCUT2D eigenvalue weighted by molar-refractivity contribution is 7.89. The number of carbonyl (C=O) groups is 3. The topological polar surface area (TPSA) is 171 Å². The van der Waals surface area contributed by atoms with Crippen molar-refractivity contribution in [2.75, 3.05) is 27.3 Å². The zero-order valence-electron chi connectivity index (χ0n) is 25.3. The number of rotatable bonds is 10. The van der Waals surface area contributed by atoms with E-state index < -0.39 is 51.3 Å². The molecule has 1 aromatic carbocycles. The first kappa shape index (κ1) is 32.2. The average Bonchev–Trinajstić information content (AvgIpc) is 3.37. The lowest BCUT2D eigenvalue weighted by molar-refractivity contribution is -0.646. The number of hydrogen-bond acceptors (Lipinski definition) is 9. The molecule has 0 radical (unpaired) electrons. The van der Waals surface area contributed by atoms with Gasteiger partial charge in [-0.2, -0.15) is 9.04 Å². The smallest absolute Gasteiger partial charge is 0.323 e. The fourth-order valence-electron chi connectivity index (χ4n) is 6.07. The van der Waals surface area contributed by atoms with Gasteiger partial charge in [-0.1, -0.05) is 32.1 Å². The maximum atomic E-state index is 13.7. The van der Waals surface area contributed by atoms with E-state index in [4.69, 9.17) is 13.9 Å². The Bertz CT molecular complexity index is 1630. The van der Waals surface area contributed by atoms with Crippen LogP contribution >= 0.6 is 0 Å². The van der Waals surface area contributed by atoms with Crippen molar-refractivity contribution in [3.05, 3.63) is 53.6 Å². The molecule has 1 aliphatic carbocycles. The van der Waals surface area contributed by atoms with Crippen LogP contribution in [0.2, 0.25) is 0 Å². The fourth-order valence-corrected chi connectivity index (χ4v) is 7.54. The summed E-state index contributed by atoms with van der Waals surface area (Å²) in [5.74, 6) is -0.472. The van der Waals surface area contributed by atoms with Crippen LogP contribution in [0.1, 0.15) is 61.9 Å². The van der Waals surface area contributed by atoms with Crippen molar-refractivity contribution < 1.29 is 41.4 Å². The van der Waals surface area contributed by atoms with Crippen molar-refractivity contribution in [3.8, 4) is 11.5 Å². The van der Waals surface area contributed by atoms with Crippen LogP contribution in [-0.2, 0) is 19.6 Å². The van der Waals surface area contributed by atoms with E-state index in [1.54, 1.807) is 18.2 Å². The molecule has 2 aromatic heterocycles. The lowest BCUT2D eigenvalue weighted by atomic mass is 9.84. The molecule has 5 rings (SSSR count). The maximum Gasteiger partial charge on any atom is 0.323 e. The first-order chi connectivity index (χ1) is 21.6. The minimum atomic E-state index is -4.24. The van der Waals surface area contributed by atoms with E-state index in [9.17, 15) is 28.0 Å². The number of amides is 2. The van der Waals surface area contributed by atoms with Crippen LogP contribution in [0, 0.1) is 11.1 Å². The number of sulfonamides is 1. The van der Waals surface area contributed by atoms with Crippen molar-refractivity contribution in [1.82, 2.24) is 14.9 Å². The highest BCUT2D eigenvalue weighted by Gasteiger charge is 2.37. The molecular weight excluding hydrogens is 604 g/mol. The molecule has 0 bridgehead atoms. The van der Waals surface area contributed by atoms with Crippen LogP contribution in [0.5, 0.6) is 11.5 Å². The highest BCUT2D eigenvalue weighted by atomic mass is 32.2. The predicted molar refractivity (Wildman–Crippen MR) is 162 cm³/mol. The molecule has 14 heteroatoms. The summed E-state index contributed by atoms with van der Waals surface area (Å²) in [6, 6.07) is 7.00. The molecule has 2 aliphatic rings. The average molecular weight is 643 g/mol. The van der Waals surface area contributed by atoms with Crippen molar-refractivity contribution in [2.45, 2.75) is 68.5 Å². The first-order valence-electron chi connectivity index (χ1n) is 15.1. The molecule has 3 heterocycles. The Morgan fingerprint density at radius 2 is 1.80 bits per heavy atom. The number of Topliss-reactive ketones (excluding diaryl/α,β-unsaturated/α-hetero) is 1. The van der Waals surface area contributed by atoms with Gasteiger partial charge in [0.05, 0.1) is 26.8 Å². The molecule has 13 nitrogen and oxygen atoms in total. The molecule has 2 N–H and O–H groups in total. The minimum Gasteiger partial charge on any atom is -0.618 e. The van der Waals surface area contributed by atoms with Crippen LogP contribution in [0.4, 0.5) is 0 Å². The highest BCUT2D eigenvalue weighted by Crippen LogP contribution is 2.34. The lowest BCUT2D eigenvalue weighted by Gasteiger charge is -2.27. The second-order valence-electron chi connectivity index (χ2n) is 11.5.